The second-order valence-electron chi connectivity index (χ2n) is 5.27. The Kier molecular flexibility index (Phi) is 3.95. The van der Waals surface area contributed by atoms with E-state index in [2.05, 4.69) is 36.2 Å². The molecule has 108 valence electrons. The number of aryl methyl sites for hydroxylation is 1. The number of halogens is 1. The molecule has 3 rings (SSSR count). The van der Waals surface area contributed by atoms with E-state index in [0.29, 0.717) is 6.54 Å². The van der Waals surface area contributed by atoms with Crippen molar-refractivity contribution in [3.05, 3.63) is 64.7 Å². The quantitative estimate of drug-likeness (QED) is 0.933. The lowest BCUT2D eigenvalue weighted by atomic mass is 10.0. The van der Waals surface area contributed by atoms with E-state index in [1.54, 1.807) is 0 Å². The van der Waals surface area contributed by atoms with Crippen LogP contribution >= 0.6 is 11.6 Å². The second-order valence-corrected chi connectivity index (χ2v) is 5.71. The van der Waals surface area contributed by atoms with Gasteiger partial charge in [0.05, 0.1) is 17.4 Å². The fourth-order valence-electron chi connectivity index (χ4n) is 2.68. The normalized spacial score (nSPS) is 18.0. The summed E-state index contributed by atoms with van der Waals surface area (Å²) in [6, 6.07) is 16.4. The maximum Gasteiger partial charge on any atom is 0.0828 e. The van der Waals surface area contributed by atoms with Gasteiger partial charge >= 0.3 is 0 Å². The maximum absolute atomic E-state index is 5.99. The minimum absolute atomic E-state index is 0.182. The number of nitrogens with zero attached hydrogens (tertiary/aromatic N) is 2. The Labute approximate surface area is 130 Å². The van der Waals surface area contributed by atoms with E-state index in [0.717, 1.165) is 22.8 Å². The van der Waals surface area contributed by atoms with Gasteiger partial charge in [-0.3, -0.25) is 5.01 Å². The number of hydrogen-bond donors (Lipinski definition) is 1. The number of hydrogen-bond acceptors (Lipinski definition) is 3. The van der Waals surface area contributed by atoms with Crippen molar-refractivity contribution in [3.8, 4) is 0 Å². The Morgan fingerprint density at radius 3 is 2.57 bits per heavy atom. The summed E-state index contributed by atoms with van der Waals surface area (Å²) in [5.74, 6) is 0. The van der Waals surface area contributed by atoms with Crippen molar-refractivity contribution >= 4 is 23.0 Å². The van der Waals surface area contributed by atoms with Gasteiger partial charge in [-0.2, -0.15) is 5.10 Å². The zero-order valence-electron chi connectivity index (χ0n) is 12.0. The van der Waals surface area contributed by atoms with Crippen LogP contribution in [0.1, 0.15) is 23.6 Å². The summed E-state index contributed by atoms with van der Waals surface area (Å²) < 4.78 is 0. The number of nitrogens with two attached hydrogens (primary N) is 1. The van der Waals surface area contributed by atoms with Crippen LogP contribution in [0.15, 0.2) is 53.6 Å². The van der Waals surface area contributed by atoms with Crippen LogP contribution in [-0.2, 0) is 0 Å². The summed E-state index contributed by atoms with van der Waals surface area (Å²) in [5.41, 5.74) is 10.4. The van der Waals surface area contributed by atoms with Crippen molar-refractivity contribution in [3.63, 3.8) is 0 Å². The van der Waals surface area contributed by atoms with Gasteiger partial charge < -0.3 is 5.73 Å². The molecule has 3 nitrogen and oxygen atoms in total. The molecule has 1 heterocycles. The molecule has 1 aliphatic rings. The highest BCUT2D eigenvalue weighted by Crippen LogP contribution is 2.36. The van der Waals surface area contributed by atoms with Crippen molar-refractivity contribution < 1.29 is 0 Å². The van der Waals surface area contributed by atoms with Gasteiger partial charge in [-0.05, 0) is 36.2 Å². The van der Waals surface area contributed by atoms with E-state index in [1.165, 1.54) is 11.1 Å². The molecule has 0 bridgehead atoms. The van der Waals surface area contributed by atoms with Gasteiger partial charge in [-0.25, -0.2) is 0 Å². The highest BCUT2D eigenvalue weighted by Gasteiger charge is 2.29. The van der Waals surface area contributed by atoms with Crippen LogP contribution in [0.4, 0.5) is 5.69 Å². The lowest BCUT2D eigenvalue weighted by molar-refractivity contribution is 0.706. The van der Waals surface area contributed by atoms with Crippen LogP contribution < -0.4 is 10.7 Å². The Bertz CT molecular complexity index is 664. The molecule has 1 aliphatic heterocycles. The van der Waals surface area contributed by atoms with E-state index >= 15 is 0 Å². The Morgan fingerprint density at radius 2 is 1.90 bits per heavy atom. The van der Waals surface area contributed by atoms with Crippen molar-refractivity contribution in [2.75, 3.05) is 11.6 Å². The molecule has 21 heavy (non-hydrogen) atoms. The van der Waals surface area contributed by atoms with Crippen molar-refractivity contribution in [2.45, 2.75) is 19.4 Å². The summed E-state index contributed by atoms with van der Waals surface area (Å²) in [6.45, 7) is 2.59. The zero-order valence-corrected chi connectivity index (χ0v) is 12.7. The van der Waals surface area contributed by atoms with Crippen LogP contribution in [0, 0.1) is 6.92 Å². The molecule has 0 saturated carbocycles. The molecule has 0 aliphatic carbocycles. The molecule has 0 radical (unpaired) electrons. The molecule has 0 amide bonds. The van der Waals surface area contributed by atoms with Gasteiger partial charge in [0.1, 0.15) is 0 Å². The molecule has 4 heteroatoms. The Hall–Kier alpha value is -1.84. The lowest BCUT2D eigenvalue weighted by Crippen LogP contribution is -2.19. The van der Waals surface area contributed by atoms with Gasteiger partial charge in [0.15, 0.2) is 0 Å². The SMILES string of the molecule is Cc1ccccc1N1N=C(CN)CC1c1ccc(Cl)cc1. The van der Waals surface area contributed by atoms with Crippen molar-refractivity contribution in [1.29, 1.82) is 0 Å². The third-order valence-corrected chi connectivity index (χ3v) is 4.08. The first-order valence-corrected chi connectivity index (χ1v) is 7.43. The van der Waals surface area contributed by atoms with E-state index in [4.69, 9.17) is 22.4 Å². The highest BCUT2D eigenvalue weighted by atomic mass is 35.5. The van der Waals surface area contributed by atoms with E-state index in [1.807, 2.05) is 24.3 Å². The van der Waals surface area contributed by atoms with E-state index in [9.17, 15) is 0 Å². The maximum atomic E-state index is 5.99. The first-order valence-electron chi connectivity index (χ1n) is 7.06. The fourth-order valence-corrected chi connectivity index (χ4v) is 2.81. The van der Waals surface area contributed by atoms with Gasteiger partial charge in [-0.1, -0.05) is 41.9 Å². The van der Waals surface area contributed by atoms with Gasteiger partial charge in [0, 0.05) is 18.0 Å². The number of benzene rings is 2. The fraction of sp³-hybridized carbons (Fsp3) is 0.235. The monoisotopic (exact) mass is 299 g/mol. The largest absolute Gasteiger partial charge is 0.325 e. The molecule has 0 fully saturated rings. The molecule has 0 spiro atoms. The summed E-state index contributed by atoms with van der Waals surface area (Å²) in [6.07, 6.45) is 0.854. The second kappa shape index (κ2) is 5.88. The summed E-state index contributed by atoms with van der Waals surface area (Å²) in [4.78, 5) is 0. The van der Waals surface area contributed by atoms with Crippen LogP contribution in [0.5, 0.6) is 0 Å². The lowest BCUT2D eigenvalue weighted by Gasteiger charge is -2.25. The van der Waals surface area contributed by atoms with Crippen LogP contribution in [0.3, 0.4) is 0 Å². The predicted octanol–water partition coefficient (Wildman–Crippen LogP) is 3.91. The standard InChI is InChI=1S/C17H18ClN3/c1-12-4-2-3-5-16(12)21-17(10-15(11-19)20-21)13-6-8-14(18)9-7-13/h2-9,17H,10-11,19H2,1H3. The third-order valence-electron chi connectivity index (χ3n) is 3.83. The minimum atomic E-state index is 0.182. The molecule has 2 N–H and O–H groups in total. The average molecular weight is 300 g/mol. The van der Waals surface area contributed by atoms with Gasteiger partial charge in [-0.15, -0.1) is 0 Å². The molecule has 2 aromatic carbocycles. The molecule has 1 unspecified atom stereocenters. The van der Waals surface area contributed by atoms with Crippen LogP contribution in [0.2, 0.25) is 5.02 Å². The zero-order chi connectivity index (χ0) is 14.8. The van der Waals surface area contributed by atoms with Crippen LogP contribution in [-0.4, -0.2) is 12.3 Å². The highest BCUT2D eigenvalue weighted by molar-refractivity contribution is 6.30. The topological polar surface area (TPSA) is 41.6 Å². The molecular weight excluding hydrogens is 282 g/mol. The van der Waals surface area contributed by atoms with E-state index < -0.39 is 0 Å². The summed E-state index contributed by atoms with van der Waals surface area (Å²) in [5, 5.41) is 7.54. The Morgan fingerprint density at radius 1 is 1.19 bits per heavy atom. The smallest absolute Gasteiger partial charge is 0.0828 e. The van der Waals surface area contributed by atoms with Gasteiger partial charge in [0.25, 0.3) is 0 Å². The first-order chi connectivity index (χ1) is 10.2. The number of rotatable bonds is 3. The van der Waals surface area contributed by atoms with Crippen molar-refractivity contribution in [1.82, 2.24) is 0 Å². The predicted molar refractivity (Wildman–Crippen MR) is 89.0 cm³/mol. The average Bonchev–Trinajstić information content (AvgIpc) is 2.92. The molecule has 0 saturated heterocycles. The number of para-hydroxylation sites is 1. The molecule has 0 aromatic heterocycles. The third kappa shape index (κ3) is 2.80. The van der Waals surface area contributed by atoms with Crippen molar-refractivity contribution in [2.24, 2.45) is 10.8 Å². The number of anilines is 1. The summed E-state index contributed by atoms with van der Waals surface area (Å²) in [7, 11) is 0. The first kappa shape index (κ1) is 14.1. The van der Waals surface area contributed by atoms with Crippen LogP contribution in [0.25, 0.3) is 0 Å². The molecule has 1 atom stereocenters. The van der Waals surface area contributed by atoms with Gasteiger partial charge in [0.2, 0.25) is 0 Å². The summed E-state index contributed by atoms with van der Waals surface area (Å²) >= 11 is 5.99. The van der Waals surface area contributed by atoms with E-state index in [-0.39, 0.29) is 6.04 Å². The molecular formula is C17H18ClN3. The Balaban J connectivity index is 2.00. The molecule has 2 aromatic rings. The number of hydrazone groups is 1. The minimum Gasteiger partial charge on any atom is -0.325 e.